The van der Waals surface area contributed by atoms with Crippen LogP contribution in [0.5, 0.6) is 0 Å². The van der Waals surface area contributed by atoms with Crippen LogP contribution in [0.25, 0.3) is 0 Å². The van der Waals surface area contributed by atoms with Gasteiger partial charge in [0.25, 0.3) is 0 Å². The van der Waals surface area contributed by atoms with Crippen molar-refractivity contribution in [3.05, 3.63) is 36.2 Å². The van der Waals surface area contributed by atoms with Crippen LogP contribution in [0.1, 0.15) is 15.9 Å². The number of Topliss-reactive ketones (excluding diaryl/α,β-unsaturated/α-hetero) is 1. The van der Waals surface area contributed by atoms with Crippen molar-refractivity contribution in [1.82, 2.24) is 0 Å². The van der Waals surface area contributed by atoms with E-state index in [0.29, 0.717) is 12.1 Å². The number of carbonyl (C=O) groups excluding carboxylic acids is 1. The minimum Gasteiger partial charge on any atom is -0.294 e. The Morgan fingerprint density at radius 1 is 1.33 bits per heavy atom. The van der Waals surface area contributed by atoms with E-state index < -0.39 is 33.1 Å². The van der Waals surface area contributed by atoms with Crippen LogP contribution in [0.3, 0.4) is 0 Å². The number of hydrogen-bond acceptors (Lipinski definition) is 3. The van der Waals surface area contributed by atoms with Crippen molar-refractivity contribution in [3.8, 4) is 0 Å². The van der Waals surface area contributed by atoms with Gasteiger partial charge in [0.1, 0.15) is 0 Å². The summed E-state index contributed by atoms with van der Waals surface area (Å²) >= 11 is 0. The molecular weight excluding hydrogens is 271 g/mol. The van der Waals surface area contributed by atoms with Crippen LogP contribution in [0.4, 0.5) is 18.9 Å². The summed E-state index contributed by atoms with van der Waals surface area (Å²) in [5.74, 6) is -1.16. The standard InChI is InChI=1S/C10H8F3NO3S/c1-6(15)8-5-7(10(11,12)13)3-4-9(8)14-18(2,16)17/h1,3-5,14H,2H3. The van der Waals surface area contributed by atoms with Crippen LogP contribution in [-0.4, -0.2) is 20.5 Å². The molecule has 1 rings (SSSR count). The second kappa shape index (κ2) is 4.60. The van der Waals surface area contributed by atoms with Crippen molar-refractivity contribution in [2.45, 2.75) is 6.18 Å². The lowest BCUT2D eigenvalue weighted by atomic mass is 10.1. The zero-order chi connectivity index (χ0) is 14.1. The van der Waals surface area contributed by atoms with Crippen molar-refractivity contribution in [2.24, 2.45) is 0 Å². The van der Waals surface area contributed by atoms with Gasteiger partial charge in [-0.2, -0.15) is 13.2 Å². The smallest absolute Gasteiger partial charge is 0.294 e. The summed E-state index contributed by atoms with van der Waals surface area (Å²) in [5, 5.41) is 0. The highest BCUT2D eigenvalue weighted by Gasteiger charge is 2.31. The third kappa shape index (κ3) is 3.73. The summed E-state index contributed by atoms with van der Waals surface area (Å²) in [6.07, 6.45) is -3.84. The molecular formula is C10H8F3NO3S. The number of sulfonamides is 1. The van der Waals surface area contributed by atoms with Gasteiger partial charge in [-0.25, -0.2) is 8.42 Å². The number of ketones is 1. The molecule has 8 heteroatoms. The van der Waals surface area contributed by atoms with Gasteiger partial charge in [-0.3, -0.25) is 9.52 Å². The molecule has 0 aliphatic carbocycles. The molecule has 1 aromatic rings. The molecule has 0 aromatic heterocycles. The number of benzene rings is 1. The molecule has 1 aromatic carbocycles. The van der Waals surface area contributed by atoms with Gasteiger partial charge in [-0.05, 0) is 18.2 Å². The molecule has 0 saturated heterocycles. The molecule has 2 radical (unpaired) electrons. The molecule has 0 fully saturated rings. The van der Waals surface area contributed by atoms with Crippen LogP contribution in [-0.2, 0) is 16.2 Å². The molecule has 0 saturated carbocycles. The molecule has 0 aliphatic rings. The van der Waals surface area contributed by atoms with Gasteiger partial charge in [0.2, 0.25) is 10.0 Å². The first kappa shape index (κ1) is 14.5. The fourth-order valence-corrected chi connectivity index (χ4v) is 1.79. The number of rotatable bonds is 3. The lowest BCUT2D eigenvalue weighted by Crippen LogP contribution is -2.14. The Bertz CT molecular complexity index is 579. The number of nitrogens with one attached hydrogen (secondary N) is 1. The van der Waals surface area contributed by atoms with Gasteiger partial charge in [0.05, 0.1) is 17.5 Å². The number of anilines is 1. The molecule has 0 spiro atoms. The predicted molar refractivity (Wildman–Crippen MR) is 58.5 cm³/mol. The van der Waals surface area contributed by atoms with E-state index in [1.54, 1.807) is 0 Å². The Morgan fingerprint density at radius 2 is 1.89 bits per heavy atom. The van der Waals surface area contributed by atoms with Gasteiger partial charge >= 0.3 is 6.18 Å². The molecule has 0 aliphatic heterocycles. The van der Waals surface area contributed by atoms with Crippen molar-refractivity contribution in [1.29, 1.82) is 0 Å². The third-order valence-electron chi connectivity index (χ3n) is 1.91. The average molecular weight is 279 g/mol. The Balaban J connectivity index is 3.34. The minimum absolute atomic E-state index is 0.294. The SMILES string of the molecule is [CH]C(=O)c1cc(C(F)(F)F)ccc1NS(C)(=O)=O. The van der Waals surface area contributed by atoms with E-state index in [1.807, 2.05) is 4.72 Å². The molecule has 1 N–H and O–H groups in total. The summed E-state index contributed by atoms with van der Waals surface area (Å²) in [6, 6.07) is 1.99. The van der Waals surface area contributed by atoms with Gasteiger partial charge in [0, 0.05) is 12.5 Å². The first-order valence-corrected chi connectivity index (χ1v) is 6.38. The largest absolute Gasteiger partial charge is 0.416 e. The highest BCUT2D eigenvalue weighted by atomic mass is 32.2. The fraction of sp³-hybridized carbons (Fsp3) is 0.200. The molecule has 0 heterocycles. The maximum absolute atomic E-state index is 12.4. The van der Waals surface area contributed by atoms with Crippen LogP contribution in [0.2, 0.25) is 0 Å². The highest BCUT2D eigenvalue weighted by molar-refractivity contribution is 7.92. The van der Waals surface area contributed by atoms with E-state index in [-0.39, 0.29) is 5.69 Å². The van der Waals surface area contributed by atoms with E-state index >= 15 is 0 Å². The number of alkyl halides is 3. The first-order valence-electron chi connectivity index (χ1n) is 4.49. The normalized spacial score (nSPS) is 12.3. The Labute approximate surface area is 102 Å². The van der Waals surface area contributed by atoms with Crippen molar-refractivity contribution >= 4 is 21.5 Å². The predicted octanol–water partition coefficient (Wildman–Crippen LogP) is 1.97. The van der Waals surface area contributed by atoms with E-state index in [0.717, 1.165) is 12.3 Å². The summed E-state index contributed by atoms with van der Waals surface area (Å²) < 4.78 is 61.1. The molecule has 0 bridgehead atoms. The number of hydrogen-bond donors (Lipinski definition) is 1. The third-order valence-corrected chi connectivity index (χ3v) is 2.50. The molecule has 98 valence electrons. The topological polar surface area (TPSA) is 63.2 Å². The Kier molecular flexibility index (Phi) is 3.70. The van der Waals surface area contributed by atoms with Gasteiger partial charge < -0.3 is 0 Å². The Hall–Kier alpha value is -1.57. The summed E-state index contributed by atoms with van der Waals surface area (Å²) in [4.78, 5) is 11.0. The fourth-order valence-electron chi connectivity index (χ4n) is 1.21. The average Bonchev–Trinajstić information content (AvgIpc) is 2.13. The maximum Gasteiger partial charge on any atom is 0.416 e. The van der Waals surface area contributed by atoms with Crippen molar-refractivity contribution < 1.29 is 26.4 Å². The van der Waals surface area contributed by atoms with E-state index in [2.05, 4.69) is 0 Å². The van der Waals surface area contributed by atoms with E-state index in [9.17, 15) is 26.4 Å². The molecule has 0 atom stereocenters. The van der Waals surface area contributed by atoms with Crippen LogP contribution in [0.15, 0.2) is 18.2 Å². The molecule has 0 amide bonds. The zero-order valence-corrected chi connectivity index (χ0v) is 9.89. The number of halogens is 3. The summed E-state index contributed by atoms with van der Waals surface area (Å²) in [6.45, 7) is 4.90. The Morgan fingerprint density at radius 3 is 2.28 bits per heavy atom. The van der Waals surface area contributed by atoms with Crippen LogP contribution >= 0.6 is 0 Å². The monoisotopic (exact) mass is 279 g/mol. The summed E-state index contributed by atoms with van der Waals surface area (Å²) in [5.41, 5.74) is -1.93. The molecule has 18 heavy (non-hydrogen) atoms. The maximum atomic E-state index is 12.4. The lowest BCUT2D eigenvalue weighted by molar-refractivity contribution is -0.137. The lowest BCUT2D eigenvalue weighted by Gasteiger charge is -2.12. The van der Waals surface area contributed by atoms with Crippen molar-refractivity contribution in [3.63, 3.8) is 0 Å². The zero-order valence-electron chi connectivity index (χ0n) is 9.08. The van der Waals surface area contributed by atoms with Crippen LogP contribution in [0, 0.1) is 6.92 Å². The van der Waals surface area contributed by atoms with Gasteiger partial charge in [0.15, 0.2) is 5.78 Å². The summed E-state index contributed by atoms with van der Waals surface area (Å²) in [7, 11) is -3.72. The molecule has 4 nitrogen and oxygen atoms in total. The second-order valence-corrected chi connectivity index (χ2v) is 5.25. The quantitative estimate of drug-likeness (QED) is 0.860. The van der Waals surface area contributed by atoms with Gasteiger partial charge in [-0.1, -0.05) is 0 Å². The molecule has 0 unspecified atom stereocenters. The second-order valence-electron chi connectivity index (χ2n) is 3.50. The van der Waals surface area contributed by atoms with Crippen LogP contribution < -0.4 is 4.72 Å². The van der Waals surface area contributed by atoms with E-state index in [1.165, 1.54) is 0 Å². The highest BCUT2D eigenvalue weighted by Crippen LogP contribution is 2.32. The van der Waals surface area contributed by atoms with E-state index in [4.69, 9.17) is 6.92 Å². The minimum atomic E-state index is -4.65. The number of carbonyl (C=O) groups is 1. The van der Waals surface area contributed by atoms with Gasteiger partial charge in [-0.15, -0.1) is 0 Å². The van der Waals surface area contributed by atoms with Crippen molar-refractivity contribution in [2.75, 3.05) is 11.0 Å². The first-order chi connectivity index (χ1) is 8.00.